The molecule has 1 atom stereocenters. The minimum Gasteiger partial charge on any atom is -0.467 e. The predicted octanol–water partition coefficient (Wildman–Crippen LogP) is 2.30. The van der Waals surface area contributed by atoms with Gasteiger partial charge in [0.05, 0.1) is 44.8 Å². The highest BCUT2D eigenvalue weighted by atomic mass is 32.2. The van der Waals surface area contributed by atoms with Crippen LogP contribution in [0, 0.1) is 0 Å². The largest absolute Gasteiger partial charge is 0.467 e. The quantitative estimate of drug-likeness (QED) is 0.425. The van der Waals surface area contributed by atoms with Crippen molar-refractivity contribution in [1.82, 2.24) is 10.6 Å². The van der Waals surface area contributed by atoms with Crippen molar-refractivity contribution in [2.75, 3.05) is 26.4 Å². The molecule has 0 saturated heterocycles. The van der Waals surface area contributed by atoms with E-state index in [1.54, 1.807) is 18.4 Å². The first-order valence-corrected chi connectivity index (χ1v) is 11.2. The van der Waals surface area contributed by atoms with Gasteiger partial charge >= 0.3 is 0 Å². The second kappa shape index (κ2) is 11.4. The summed E-state index contributed by atoms with van der Waals surface area (Å²) in [4.78, 5) is 27.1. The van der Waals surface area contributed by atoms with Crippen LogP contribution < -0.4 is 15.5 Å². The topological polar surface area (TPSA) is 75.8 Å². The Bertz CT molecular complexity index is 975. The maximum atomic E-state index is 12.9. The number of quaternary nitrogens is 1. The first-order valence-electron chi connectivity index (χ1n) is 10.2. The standard InChI is InChI=1S/C24H27N3O3S/c1-27(2)21(18-9-4-3-5-10-18)16-26-24(29)20-12-6-7-13-22(20)31-17-23(28)25-15-19-11-8-14-30-19/h3-14,21H,15-17H2,1-2H3,(H,25,28)(H,26,29)/p+1/t21-/m0/s1. The summed E-state index contributed by atoms with van der Waals surface area (Å²) in [6.45, 7) is 0.871. The van der Waals surface area contributed by atoms with Crippen molar-refractivity contribution in [3.63, 3.8) is 0 Å². The molecule has 3 rings (SSSR count). The zero-order chi connectivity index (χ0) is 22.1. The monoisotopic (exact) mass is 438 g/mol. The highest BCUT2D eigenvalue weighted by molar-refractivity contribution is 8.00. The van der Waals surface area contributed by atoms with E-state index in [0.717, 1.165) is 4.90 Å². The molecule has 0 aliphatic rings. The minimum absolute atomic E-state index is 0.114. The van der Waals surface area contributed by atoms with E-state index in [2.05, 4.69) is 36.9 Å². The summed E-state index contributed by atoms with van der Waals surface area (Å²) in [7, 11) is 4.16. The van der Waals surface area contributed by atoms with Crippen molar-refractivity contribution in [3.05, 3.63) is 89.9 Å². The fourth-order valence-electron chi connectivity index (χ4n) is 3.20. The van der Waals surface area contributed by atoms with E-state index in [0.29, 0.717) is 24.4 Å². The molecule has 0 unspecified atom stereocenters. The number of carbonyl (C=O) groups is 2. The number of thioether (sulfide) groups is 1. The average Bonchev–Trinajstić information content (AvgIpc) is 3.31. The van der Waals surface area contributed by atoms with E-state index < -0.39 is 0 Å². The number of carbonyl (C=O) groups excluding carboxylic acids is 2. The van der Waals surface area contributed by atoms with Crippen LogP contribution in [-0.4, -0.2) is 38.2 Å². The summed E-state index contributed by atoms with van der Waals surface area (Å²) in [5.74, 6) is 0.673. The van der Waals surface area contributed by atoms with Crippen LogP contribution in [0.4, 0.5) is 0 Å². The van der Waals surface area contributed by atoms with E-state index in [9.17, 15) is 9.59 Å². The smallest absolute Gasteiger partial charge is 0.252 e. The van der Waals surface area contributed by atoms with Gasteiger partial charge in [-0.1, -0.05) is 42.5 Å². The molecule has 2 amide bonds. The predicted molar refractivity (Wildman–Crippen MR) is 122 cm³/mol. The van der Waals surface area contributed by atoms with Crippen molar-refractivity contribution < 1.29 is 18.9 Å². The Balaban J connectivity index is 1.57. The molecule has 0 radical (unpaired) electrons. The number of likely N-dealkylation sites (N-methyl/N-ethyl adjacent to an activating group) is 1. The van der Waals surface area contributed by atoms with Crippen molar-refractivity contribution >= 4 is 23.6 Å². The molecule has 3 aromatic rings. The van der Waals surface area contributed by atoms with Crippen molar-refractivity contribution in [2.45, 2.75) is 17.5 Å². The minimum atomic E-state index is -0.138. The lowest BCUT2D eigenvalue weighted by Crippen LogP contribution is -3.07. The van der Waals surface area contributed by atoms with Gasteiger partial charge in [0.25, 0.3) is 5.91 Å². The van der Waals surface area contributed by atoms with E-state index >= 15 is 0 Å². The number of nitrogens with one attached hydrogen (secondary N) is 3. The van der Waals surface area contributed by atoms with Gasteiger partial charge in [0.2, 0.25) is 5.91 Å². The third-order valence-electron chi connectivity index (χ3n) is 4.90. The van der Waals surface area contributed by atoms with Crippen LogP contribution in [-0.2, 0) is 11.3 Å². The van der Waals surface area contributed by atoms with Gasteiger partial charge in [-0.15, -0.1) is 11.8 Å². The van der Waals surface area contributed by atoms with Gasteiger partial charge in [-0.05, 0) is 24.3 Å². The lowest BCUT2D eigenvalue weighted by atomic mass is 10.1. The van der Waals surface area contributed by atoms with Gasteiger partial charge in [-0.2, -0.15) is 0 Å². The number of rotatable bonds is 10. The normalized spacial score (nSPS) is 11.8. The van der Waals surface area contributed by atoms with Crippen LogP contribution in [0.5, 0.6) is 0 Å². The van der Waals surface area contributed by atoms with Crippen LogP contribution in [0.15, 0.2) is 82.3 Å². The van der Waals surface area contributed by atoms with Crippen molar-refractivity contribution in [1.29, 1.82) is 0 Å². The van der Waals surface area contributed by atoms with E-state index in [1.165, 1.54) is 22.2 Å². The SMILES string of the molecule is C[NH+](C)[C@@H](CNC(=O)c1ccccc1SCC(=O)NCc1ccco1)c1ccccc1. The molecule has 1 heterocycles. The van der Waals surface area contributed by atoms with Crippen molar-refractivity contribution in [2.24, 2.45) is 0 Å². The van der Waals surface area contributed by atoms with E-state index in [-0.39, 0.29) is 23.6 Å². The summed E-state index contributed by atoms with van der Waals surface area (Å²) in [5, 5.41) is 5.88. The van der Waals surface area contributed by atoms with Gasteiger partial charge in [-0.25, -0.2) is 0 Å². The molecular weight excluding hydrogens is 410 g/mol. The molecule has 3 N–H and O–H groups in total. The Morgan fingerprint density at radius 1 is 0.968 bits per heavy atom. The second-order valence-electron chi connectivity index (χ2n) is 7.39. The average molecular weight is 439 g/mol. The van der Waals surface area contributed by atoms with Crippen molar-refractivity contribution in [3.8, 4) is 0 Å². The Hall–Kier alpha value is -3.03. The Morgan fingerprint density at radius 3 is 2.42 bits per heavy atom. The summed E-state index contributed by atoms with van der Waals surface area (Å²) in [6, 6.07) is 21.3. The molecule has 0 bridgehead atoms. The van der Waals surface area contributed by atoms with Gasteiger partial charge in [-0.3, -0.25) is 9.59 Å². The molecule has 2 aromatic carbocycles. The van der Waals surface area contributed by atoms with Crippen LogP contribution in [0.1, 0.15) is 27.7 Å². The molecule has 162 valence electrons. The molecule has 1 aromatic heterocycles. The fourth-order valence-corrected chi connectivity index (χ4v) is 4.08. The molecule has 0 fully saturated rings. The molecule has 0 aliphatic heterocycles. The fraction of sp³-hybridized carbons (Fsp3) is 0.250. The van der Waals surface area contributed by atoms with Crippen LogP contribution in [0.25, 0.3) is 0 Å². The second-order valence-corrected chi connectivity index (χ2v) is 8.41. The molecule has 6 nitrogen and oxygen atoms in total. The number of furan rings is 1. The number of hydrogen-bond acceptors (Lipinski definition) is 4. The first kappa shape index (κ1) is 22.7. The molecule has 31 heavy (non-hydrogen) atoms. The molecule has 0 aliphatic carbocycles. The van der Waals surface area contributed by atoms with Gasteiger partial charge in [0.1, 0.15) is 11.8 Å². The summed E-state index contributed by atoms with van der Waals surface area (Å²) < 4.78 is 5.22. The van der Waals surface area contributed by atoms with Crippen LogP contribution in [0.3, 0.4) is 0 Å². The lowest BCUT2D eigenvalue weighted by molar-refractivity contribution is -0.890. The van der Waals surface area contributed by atoms with Crippen LogP contribution >= 0.6 is 11.8 Å². The molecule has 0 saturated carbocycles. The highest BCUT2D eigenvalue weighted by Gasteiger charge is 2.20. The zero-order valence-electron chi connectivity index (χ0n) is 17.8. The molecular formula is C24H28N3O3S+. The molecule has 0 spiro atoms. The van der Waals surface area contributed by atoms with Gasteiger partial charge in [0.15, 0.2) is 0 Å². The first-order chi connectivity index (χ1) is 15.0. The highest BCUT2D eigenvalue weighted by Crippen LogP contribution is 2.22. The third-order valence-corrected chi connectivity index (χ3v) is 5.97. The Kier molecular flexibility index (Phi) is 8.32. The number of amides is 2. The zero-order valence-corrected chi connectivity index (χ0v) is 18.6. The Labute approximate surface area is 187 Å². The summed E-state index contributed by atoms with van der Waals surface area (Å²) in [5.41, 5.74) is 1.76. The summed E-state index contributed by atoms with van der Waals surface area (Å²) in [6.07, 6.45) is 1.57. The van der Waals surface area contributed by atoms with Crippen LogP contribution in [0.2, 0.25) is 0 Å². The molecule has 7 heteroatoms. The third kappa shape index (κ3) is 6.73. The van der Waals surface area contributed by atoms with E-state index in [4.69, 9.17) is 4.42 Å². The summed E-state index contributed by atoms with van der Waals surface area (Å²) >= 11 is 1.35. The maximum Gasteiger partial charge on any atom is 0.252 e. The lowest BCUT2D eigenvalue weighted by Gasteiger charge is -2.22. The number of benzene rings is 2. The van der Waals surface area contributed by atoms with Gasteiger partial charge in [0, 0.05) is 10.5 Å². The number of hydrogen-bond donors (Lipinski definition) is 3. The van der Waals surface area contributed by atoms with Gasteiger partial charge < -0.3 is 20.0 Å². The Morgan fingerprint density at radius 2 is 1.71 bits per heavy atom. The maximum absolute atomic E-state index is 12.9. The van der Waals surface area contributed by atoms with E-state index in [1.807, 2.05) is 42.5 Å².